The normalized spacial score (nSPS) is 20.7. The van der Waals surface area contributed by atoms with Gasteiger partial charge in [0.2, 0.25) is 0 Å². The van der Waals surface area contributed by atoms with E-state index in [4.69, 9.17) is 4.43 Å². The fourth-order valence-corrected chi connectivity index (χ4v) is 9.31. The molecule has 2 unspecified atom stereocenters. The van der Waals surface area contributed by atoms with Gasteiger partial charge in [0, 0.05) is 6.61 Å². The van der Waals surface area contributed by atoms with Gasteiger partial charge in [-0.3, -0.25) is 4.79 Å². The fourth-order valence-electron chi connectivity index (χ4n) is 4.67. The maximum atomic E-state index is 11.5. The molecule has 1 N–H and O–H groups in total. The molecule has 0 bridgehead atoms. The van der Waals surface area contributed by atoms with E-state index < -0.39 is 14.3 Å². The van der Waals surface area contributed by atoms with Gasteiger partial charge in [-0.2, -0.15) is 0 Å². The third kappa shape index (κ3) is 4.23. The lowest BCUT2D eigenvalue weighted by molar-refractivity contribution is -0.143. The molecule has 4 heteroatoms. The predicted octanol–water partition coefficient (Wildman–Crippen LogP) is 4.45. The summed E-state index contributed by atoms with van der Waals surface area (Å²) in [5.74, 6) is -0.562. The first kappa shape index (κ1) is 20.8. The van der Waals surface area contributed by atoms with Crippen LogP contribution in [0.4, 0.5) is 0 Å². The summed E-state index contributed by atoms with van der Waals surface area (Å²) in [6.07, 6.45) is 3.56. The van der Waals surface area contributed by atoms with Crippen LogP contribution < -0.4 is 10.4 Å². The largest absolute Gasteiger partial charge is 0.481 e. The Hall–Kier alpha value is -1.91. The van der Waals surface area contributed by atoms with Crippen molar-refractivity contribution in [1.29, 1.82) is 0 Å². The first-order valence-electron chi connectivity index (χ1n) is 10.3. The fraction of sp³-hybridized carbons (Fsp3) is 0.458. The molecule has 2 aromatic rings. The summed E-state index contributed by atoms with van der Waals surface area (Å²) in [6, 6.07) is 21.3. The lowest BCUT2D eigenvalue weighted by atomic mass is 9.82. The number of rotatable bonds is 6. The van der Waals surface area contributed by atoms with Gasteiger partial charge in [-0.25, -0.2) is 0 Å². The van der Waals surface area contributed by atoms with Gasteiger partial charge in [0.25, 0.3) is 8.32 Å². The number of hydrogen-bond donors (Lipinski definition) is 1. The van der Waals surface area contributed by atoms with Gasteiger partial charge in [-0.1, -0.05) is 87.9 Å². The molecule has 1 fully saturated rings. The highest BCUT2D eigenvalue weighted by Crippen LogP contribution is 2.38. The van der Waals surface area contributed by atoms with Gasteiger partial charge < -0.3 is 9.53 Å². The zero-order chi connectivity index (χ0) is 20.2. The van der Waals surface area contributed by atoms with Crippen LogP contribution in [0.3, 0.4) is 0 Å². The van der Waals surface area contributed by atoms with E-state index in [0.29, 0.717) is 12.5 Å². The highest BCUT2D eigenvalue weighted by molar-refractivity contribution is 6.99. The average molecular weight is 397 g/mol. The van der Waals surface area contributed by atoms with Crippen molar-refractivity contribution in [2.45, 2.75) is 51.5 Å². The predicted molar refractivity (Wildman–Crippen MR) is 117 cm³/mol. The Morgan fingerprint density at radius 1 is 1.00 bits per heavy atom. The van der Waals surface area contributed by atoms with Crippen molar-refractivity contribution in [3.8, 4) is 0 Å². The number of carbonyl (C=O) groups is 1. The number of benzene rings is 2. The van der Waals surface area contributed by atoms with Gasteiger partial charge in [-0.15, -0.1) is 0 Å². The quantitative estimate of drug-likeness (QED) is 0.734. The molecule has 3 rings (SSSR count). The summed E-state index contributed by atoms with van der Waals surface area (Å²) < 4.78 is 6.98. The molecule has 0 heterocycles. The van der Waals surface area contributed by atoms with Crippen LogP contribution in [0.2, 0.25) is 5.04 Å². The summed E-state index contributed by atoms with van der Waals surface area (Å²) in [4.78, 5) is 11.5. The Labute approximate surface area is 169 Å². The van der Waals surface area contributed by atoms with Crippen LogP contribution in [-0.2, 0) is 9.22 Å². The zero-order valence-electron chi connectivity index (χ0n) is 17.2. The van der Waals surface area contributed by atoms with Gasteiger partial charge in [0.1, 0.15) is 0 Å². The number of hydrogen-bond acceptors (Lipinski definition) is 2. The molecular weight excluding hydrogens is 364 g/mol. The third-order valence-corrected chi connectivity index (χ3v) is 11.1. The van der Waals surface area contributed by atoms with Crippen LogP contribution in [-0.4, -0.2) is 26.0 Å². The molecule has 0 saturated heterocycles. The summed E-state index contributed by atoms with van der Waals surface area (Å²) >= 11 is 0. The van der Waals surface area contributed by atoms with E-state index in [1.54, 1.807) is 0 Å². The van der Waals surface area contributed by atoms with Gasteiger partial charge >= 0.3 is 5.97 Å². The van der Waals surface area contributed by atoms with E-state index >= 15 is 0 Å². The second-order valence-electron chi connectivity index (χ2n) is 9.04. The van der Waals surface area contributed by atoms with Crippen LogP contribution >= 0.6 is 0 Å². The van der Waals surface area contributed by atoms with Crippen molar-refractivity contribution in [2.24, 2.45) is 11.8 Å². The Morgan fingerprint density at radius 2 is 1.54 bits per heavy atom. The van der Waals surface area contributed by atoms with E-state index in [0.717, 1.165) is 25.7 Å². The summed E-state index contributed by atoms with van der Waals surface area (Å²) in [5.41, 5.74) is 0. The Morgan fingerprint density at radius 3 is 2.00 bits per heavy atom. The molecule has 0 radical (unpaired) electrons. The monoisotopic (exact) mass is 396 g/mol. The van der Waals surface area contributed by atoms with E-state index in [9.17, 15) is 9.90 Å². The second kappa shape index (κ2) is 8.62. The summed E-state index contributed by atoms with van der Waals surface area (Å²) in [6.45, 7) is 7.47. The molecule has 0 aromatic heterocycles. The van der Waals surface area contributed by atoms with Gasteiger partial charge in [-0.05, 0) is 40.6 Å². The van der Waals surface area contributed by atoms with Crippen LogP contribution in [0.1, 0.15) is 46.5 Å². The minimum absolute atomic E-state index is 0.0451. The van der Waals surface area contributed by atoms with Crippen molar-refractivity contribution in [3.63, 3.8) is 0 Å². The van der Waals surface area contributed by atoms with E-state index in [-0.39, 0.29) is 11.0 Å². The highest BCUT2D eigenvalue weighted by atomic mass is 28.4. The minimum atomic E-state index is -2.53. The van der Waals surface area contributed by atoms with Gasteiger partial charge in [0.15, 0.2) is 0 Å². The van der Waals surface area contributed by atoms with Crippen LogP contribution in [0.15, 0.2) is 60.7 Å². The standard InChI is InChI=1S/C24H32O3Si/c1-24(2,3)28(21-13-6-4-7-14-21,22-15-8-5-9-16-22)27-18-19-11-10-12-20(17-19)23(25)26/h4-9,13-16,19-20H,10-12,17-18H2,1-3H3,(H,25,26). The number of aliphatic carboxylic acids is 1. The molecule has 0 aliphatic heterocycles. The van der Waals surface area contributed by atoms with Crippen LogP contribution in [0.5, 0.6) is 0 Å². The SMILES string of the molecule is CC(C)(C)[Si](OCC1CCCC(C(=O)O)C1)(c1ccccc1)c1ccccc1. The molecule has 3 nitrogen and oxygen atoms in total. The maximum Gasteiger partial charge on any atom is 0.306 e. The molecule has 1 aliphatic rings. The van der Waals surface area contributed by atoms with E-state index in [1.165, 1.54) is 10.4 Å². The molecule has 150 valence electrons. The molecule has 0 amide bonds. The molecule has 2 aromatic carbocycles. The highest BCUT2D eigenvalue weighted by Gasteiger charge is 2.50. The summed E-state index contributed by atoms with van der Waals surface area (Å²) in [7, 11) is -2.53. The molecular formula is C24H32O3Si. The molecule has 1 saturated carbocycles. The van der Waals surface area contributed by atoms with Crippen molar-refractivity contribution in [1.82, 2.24) is 0 Å². The van der Waals surface area contributed by atoms with Crippen molar-refractivity contribution >= 4 is 24.7 Å². The average Bonchev–Trinajstić information content (AvgIpc) is 2.69. The third-order valence-electron chi connectivity index (χ3n) is 6.08. The Balaban J connectivity index is 1.96. The molecule has 1 aliphatic carbocycles. The maximum absolute atomic E-state index is 11.5. The van der Waals surface area contributed by atoms with Crippen molar-refractivity contribution in [2.75, 3.05) is 6.61 Å². The van der Waals surface area contributed by atoms with E-state index in [2.05, 4.69) is 81.4 Å². The lowest BCUT2D eigenvalue weighted by Gasteiger charge is -2.44. The molecule has 0 spiro atoms. The van der Waals surface area contributed by atoms with Gasteiger partial charge in [0.05, 0.1) is 5.92 Å². The number of carboxylic acid groups (broad SMARTS) is 1. The van der Waals surface area contributed by atoms with Crippen LogP contribution in [0.25, 0.3) is 0 Å². The lowest BCUT2D eigenvalue weighted by Crippen LogP contribution is -2.67. The van der Waals surface area contributed by atoms with Crippen molar-refractivity contribution in [3.05, 3.63) is 60.7 Å². The Bertz CT molecular complexity index is 728. The molecule has 28 heavy (non-hydrogen) atoms. The zero-order valence-corrected chi connectivity index (χ0v) is 18.2. The number of carboxylic acids is 1. The smallest absolute Gasteiger partial charge is 0.306 e. The summed E-state index contributed by atoms with van der Waals surface area (Å²) in [5, 5.41) is 11.9. The minimum Gasteiger partial charge on any atom is -0.481 e. The molecule has 2 atom stereocenters. The first-order valence-corrected chi connectivity index (χ1v) is 12.2. The first-order chi connectivity index (χ1) is 13.3. The van der Waals surface area contributed by atoms with E-state index in [1.807, 2.05) is 0 Å². The second-order valence-corrected chi connectivity index (χ2v) is 13.3. The Kier molecular flexibility index (Phi) is 6.41. The van der Waals surface area contributed by atoms with Crippen molar-refractivity contribution < 1.29 is 14.3 Å². The topological polar surface area (TPSA) is 46.5 Å². The van der Waals surface area contributed by atoms with Crippen LogP contribution in [0, 0.1) is 11.8 Å².